The van der Waals surface area contributed by atoms with Crippen molar-refractivity contribution in [2.75, 3.05) is 13.1 Å². The number of hydrogen-bond donors (Lipinski definition) is 0. The Morgan fingerprint density at radius 1 is 0.455 bits per heavy atom. The highest BCUT2D eigenvalue weighted by molar-refractivity contribution is 8.19. The van der Waals surface area contributed by atoms with Crippen molar-refractivity contribution >= 4 is 149 Å². The SMILES string of the molecule is CCCCC(CC)CC1(CC(CC)CCCC)c2cc3c(cc2-c2sc(-c4ccc(/C=C5/SC(=O)N(CC)C5=S)c5nsnc45)cc21)C(CC(CC)CCCC)(CC(CC)CCCC)c1cc(-c2ccc(/C=C4/SC(=O)N(CC)C4=S)c4nsnc24)sc1-3. The second kappa shape index (κ2) is 28.5. The van der Waals surface area contributed by atoms with Crippen LogP contribution in [0.4, 0.5) is 9.59 Å². The molecule has 88 heavy (non-hydrogen) atoms. The predicted octanol–water partition coefficient (Wildman–Crippen LogP) is 23.8. The Labute approximate surface area is 559 Å². The summed E-state index contributed by atoms with van der Waals surface area (Å²) < 4.78 is 20.1. The number of thioether (sulfide) groups is 2. The number of nitrogens with zero attached hydrogens (tertiary/aromatic N) is 6. The van der Waals surface area contributed by atoms with Crippen LogP contribution in [-0.4, -0.2) is 60.8 Å². The van der Waals surface area contributed by atoms with E-state index < -0.39 is 0 Å². The quantitative estimate of drug-likeness (QED) is 0.0320. The number of fused-ring (bicyclic) bond motifs is 8. The van der Waals surface area contributed by atoms with Gasteiger partial charge in [0, 0.05) is 65.7 Å². The topological polar surface area (TPSA) is 92.2 Å². The molecule has 2 aliphatic carbocycles. The molecule has 2 saturated heterocycles. The molecule has 4 atom stereocenters. The third kappa shape index (κ3) is 12.2. The van der Waals surface area contributed by atoms with Gasteiger partial charge in [-0.15, -0.1) is 22.7 Å². The third-order valence-corrected chi connectivity index (χ3v) is 26.7. The van der Waals surface area contributed by atoms with Crippen molar-refractivity contribution in [3.05, 3.63) is 91.7 Å². The summed E-state index contributed by atoms with van der Waals surface area (Å²) in [6.07, 6.45) is 28.0. The molecule has 0 N–H and O–H groups in total. The lowest BCUT2D eigenvalue weighted by atomic mass is 9.63. The van der Waals surface area contributed by atoms with Gasteiger partial charge in [0.05, 0.1) is 33.3 Å². The van der Waals surface area contributed by atoms with E-state index in [1.807, 2.05) is 36.5 Å². The molecule has 11 rings (SSSR count). The van der Waals surface area contributed by atoms with Gasteiger partial charge in [-0.1, -0.05) is 207 Å². The molecule has 4 unspecified atom stereocenters. The highest BCUT2D eigenvalue weighted by atomic mass is 32.2. The number of unbranched alkanes of at least 4 members (excludes halogenated alkanes) is 4. The molecule has 7 aromatic rings. The number of likely N-dealkylation sites (N-methyl/N-ethyl adjacent to an activating group) is 2. The fourth-order valence-electron chi connectivity index (χ4n) is 15.2. The van der Waals surface area contributed by atoms with E-state index in [1.54, 1.807) is 20.9 Å². The lowest BCUT2D eigenvalue weighted by molar-refractivity contribution is 0.246. The van der Waals surface area contributed by atoms with Gasteiger partial charge < -0.3 is 0 Å². The van der Waals surface area contributed by atoms with E-state index in [2.05, 4.69) is 116 Å². The fourth-order valence-corrected chi connectivity index (χ4v) is 21.7. The average molecular weight is 1330 g/mol. The molecular formula is C72H88N6O2S8. The van der Waals surface area contributed by atoms with E-state index in [-0.39, 0.29) is 21.3 Å². The Hall–Kier alpha value is -4.00. The monoisotopic (exact) mass is 1320 g/mol. The number of hydrogen-bond acceptors (Lipinski definition) is 14. The van der Waals surface area contributed by atoms with Crippen LogP contribution in [0, 0.1) is 23.7 Å². The molecule has 8 nitrogen and oxygen atoms in total. The number of amides is 2. The van der Waals surface area contributed by atoms with Gasteiger partial charge in [0.15, 0.2) is 0 Å². The van der Waals surface area contributed by atoms with Gasteiger partial charge in [-0.2, -0.15) is 17.5 Å². The van der Waals surface area contributed by atoms with Gasteiger partial charge in [-0.05, 0) is 157 Å². The largest absolute Gasteiger partial charge is 0.293 e. The van der Waals surface area contributed by atoms with Crippen LogP contribution in [0.15, 0.2) is 58.3 Å². The van der Waals surface area contributed by atoms with Crippen molar-refractivity contribution < 1.29 is 9.59 Å². The molecular weight excluding hydrogens is 1240 g/mol. The summed E-state index contributed by atoms with van der Waals surface area (Å²) in [5, 5.41) is -0.0431. The van der Waals surface area contributed by atoms with Crippen LogP contribution in [0.25, 0.3) is 76.0 Å². The fraction of sp³-hybridized carbons (Fsp3) is 0.528. The molecule has 4 aliphatic rings. The standard InChI is InChI=1S/C72H88N6O2S8/c1-11-21-25-43(15-5)39-71(40-44(16-6)26-22-12-2)53-35-52-54(36-51(53)65-55(71)37-57(83-65)49-31-29-47(61-63(49)75-87-73-61)33-59-67(81)77(19-9)69(79)85-59)72(41-45(17-7)27-23-13-3,42-46(18-8)28-24-14-4)56-38-58(84-66(52)56)50-32-30-48(62-64(50)76-88-74-62)34-60-68(82)78(20-10)70(80)86-60/h29-38,43-46H,11-28,39-42H2,1-10H3/b59-33+,60-34+. The Bertz CT molecular complexity index is 3520. The first kappa shape index (κ1) is 65.5. The molecule has 2 aliphatic heterocycles. The van der Waals surface area contributed by atoms with Gasteiger partial charge >= 0.3 is 0 Å². The number of rotatable bonds is 30. The van der Waals surface area contributed by atoms with E-state index in [4.69, 9.17) is 41.9 Å². The molecule has 466 valence electrons. The van der Waals surface area contributed by atoms with E-state index in [9.17, 15) is 9.59 Å². The maximum atomic E-state index is 13.0. The van der Waals surface area contributed by atoms with E-state index in [0.29, 0.717) is 46.7 Å². The summed E-state index contributed by atoms with van der Waals surface area (Å²) in [5.74, 6) is 2.31. The minimum atomic E-state index is -0.193. The van der Waals surface area contributed by atoms with E-state index in [1.165, 1.54) is 166 Å². The smallest absolute Gasteiger partial charge is 0.291 e. The normalized spacial score (nSPS) is 20.4. The average Bonchev–Trinajstić information content (AvgIpc) is 1.52. The zero-order chi connectivity index (χ0) is 62.0. The molecule has 16 heteroatoms. The number of carbonyl (C=O) groups is 2. The minimum Gasteiger partial charge on any atom is -0.293 e. The van der Waals surface area contributed by atoms with Crippen LogP contribution in [-0.2, 0) is 10.8 Å². The number of aromatic nitrogens is 4. The molecule has 3 aromatic carbocycles. The number of benzene rings is 3. The van der Waals surface area contributed by atoms with Crippen molar-refractivity contribution in [3.8, 4) is 41.8 Å². The van der Waals surface area contributed by atoms with Crippen LogP contribution in [0.3, 0.4) is 0 Å². The van der Waals surface area contributed by atoms with Gasteiger partial charge in [0.1, 0.15) is 32.0 Å². The van der Waals surface area contributed by atoms with Crippen molar-refractivity contribution in [2.24, 2.45) is 23.7 Å². The molecule has 0 saturated carbocycles. The summed E-state index contributed by atoms with van der Waals surface area (Å²) in [4.78, 5) is 37.5. The lowest BCUT2D eigenvalue weighted by Crippen LogP contribution is -2.32. The zero-order valence-electron chi connectivity index (χ0n) is 53.4. The Kier molecular flexibility index (Phi) is 21.2. The van der Waals surface area contributed by atoms with E-state index >= 15 is 0 Å². The third-order valence-electron chi connectivity index (χ3n) is 20.3. The van der Waals surface area contributed by atoms with Gasteiger partial charge in [-0.3, -0.25) is 19.4 Å². The van der Waals surface area contributed by atoms with Gasteiger partial charge in [-0.25, -0.2) is 0 Å². The van der Waals surface area contributed by atoms with Crippen LogP contribution < -0.4 is 0 Å². The van der Waals surface area contributed by atoms with Crippen molar-refractivity contribution in [1.82, 2.24) is 27.3 Å². The van der Waals surface area contributed by atoms with Crippen molar-refractivity contribution in [1.29, 1.82) is 0 Å². The highest BCUT2D eigenvalue weighted by Crippen LogP contribution is 2.66. The Morgan fingerprint density at radius 3 is 1.10 bits per heavy atom. The Morgan fingerprint density at radius 2 is 0.795 bits per heavy atom. The number of carbonyl (C=O) groups excluding carboxylic acids is 2. The summed E-state index contributed by atoms with van der Waals surface area (Å²) >= 11 is 20.6. The number of thiocarbonyl (C=S) groups is 2. The molecule has 2 amide bonds. The molecule has 2 fully saturated rings. The first-order valence-corrected chi connectivity index (χ1v) is 38.8. The maximum Gasteiger partial charge on any atom is 0.291 e. The first-order chi connectivity index (χ1) is 42.8. The number of thiophene rings is 2. The Balaban J connectivity index is 1.15. The second-order valence-corrected chi connectivity index (χ2v) is 31.4. The maximum absolute atomic E-state index is 13.0. The second-order valence-electron chi connectivity index (χ2n) is 25.5. The van der Waals surface area contributed by atoms with Crippen LogP contribution in [0.2, 0.25) is 0 Å². The zero-order valence-corrected chi connectivity index (χ0v) is 59.9. The summed E-state index contributed by atoms with van der Waals surface area (Å²) in [6, 6.07) is 19.8. The van der Waals surface area contributed by atoms with Gasteiger partial charge in [0.2, 0.25) is 0 Å². The van der Waals surface area contributed by atoms with Crippen molar-refractivity contribution in [2.45, 2.75) is 208 Å². The summed E-state index contributed by atoms with van der Waals surface area (Å²) in [6.45, 7) is 24.3. The molecule has 0 bridgehead atoms. The molecule has 4 aromatic heterocycles. The summed E-state index contributed by atoms with van der Waals surface area (Å²) in [5.41, 5.74) is 16.4. The van der Waals surface area contributed by atoms with Crippen LogP contribution in [0.5, 0.6) is 0 Å². The first-order valence-electron chi connectivity index (χ1n) is 33.3. The minimum absolute atomic E-state index is 0.0216. The molecule has 0 spiro atoms. The van der Waals surface area contributed by atoms with Crippen LogP contribution in [0.1, 0.15) is 231 Å². The lowest BCUT2D eigenvalue weighted by Gasteiger charge is -2.40. The highest BCUT2D eigenvalue weighted by Gasteiger charge is 2.52. The van der Waals surface area contributed by atoms with Crippen LogP contribution >= 0.6 is 94.1 Å². The molecule has 6 heterocycles. The summed E-state index contributed by atoms with van der Waals surface area (Å²) in [7, 11) is 0. The predicted molar refractivity (Wildman–Crippen MR) is 391 cm³/mol. The van der Waals surface area contributed by atoms with E-state index in [0.717, 1.165) is 105 Å². The van der Waals surface area contributed by atoms with Crippen molar-refractivity contribution in [3.63, 3.8) is 0 Å². The molecule has 0 radical (unpaired) electrons. The van der Waals surface area contributed by atoms with Gasteiger partial charge in [0.25, 0.3) is 10.5 Å².